The first-order valence-electron chi connectivity index (χ1n) is 8.25. The molecule has 0 amide bonds. The van der Waals surface area contributed by atoms with Gasteiger partial charge in [0.1, 0.15) is 5.75 Å². The van der Waals surface area contributed by atoms with Crippen LogP contribution in [-0.2, 0) is 0 Å². The summed E-state index contributed by atoms with van der Waals surface area (Å²) in [5, 5.41) is 17.0. The number of hydrogen-bond acceptors (Lipinski definition) is 4. The number of benzene rings is 2. The average molecular weight is 359 g/mol. The van der Waals surface area contributed by atoms with Crippen LogP contribution in [0.3, 0.4) is 0 Å². The zero-order valence-corrected chi connectivity index (χ0v) is 15.0. The van der Waals surface area contributed by atoms with Crippen LogP contribution in [0.5, 0.6) is 5.75 Å². The van der Waals surface area contributed by atoms with Crippen molar-refractivity contribution >= 4 is 23.5 Å². The number of thiophene rings is 1. The molecule has 0 aliphatic rings. The lowest BCUT2D eigenvalue weighted by Gasteiger charge is -2.06. The molecule has 0 unspecified atom stereocenters. The predicted octanol–water partition coefficient (Wildman–Crippen LogP) is 5.18. The van der Waals surface area contributed by atoms with E-state index in [0.717, 1.165) is 5.69 Å². The first kappa shape index (κ1) is 16.3. The fraction of sp³-hybridized carbons (Fsp3) is 0.0476. The van der Waals surface area contributed by atoms with Crippen molar-refractivity contribution < 1.29 is 5.11 Å². The summed E-state index contributed by atoms with van der Waals surface area (Å²) in [6.07, 6.45) is 3.93. The van der Waals surface area contributed by atoms with E-state index in [1.165, 1.54) is 10.4 Å². The third-order valence-corrected chi connectivity index (χ3v) is 5.04. The van der Waals surface area contributed by atoms with Crippen molar-refractivity contribution in [3.8, 4) is 22.8 Å². The van der Waals surface area contributed by atoms with Gasteiger partial charge in [0.25, 0.3) is 0 Å². The Kier molecular flexibility index (Phi) is 4.37. The van der Waals surface area contributed by atoms with Gasteiger partial charge in [-0.2, -0.15) is 0 Å². The lowest BCUT2D eigenvalue weighted by Crippen LogP contribution is -1.99. The van der Waals surface area contributed by atoms with Crippen LogP contribution in [0.25, 0.3) is 29.2 Å². The Hall–Kier alpha value is -3.18. The van der Waals surface area contributed by atoms with Gasteiger partial charge in [0.2, 0.25) is 0 Å². The van der Waals surface area contributed by atoms with Crippen molar-refractivity contribution in [2.24, 2.45) is 0 Å². The summed E-state index contributed by atoms with van der Waals surface area (Å²) in [5.41, 5.74) is 2.77. The molecule has 0 aliphatic carbocycles. The summed E-state index contributed by atoms with van der Waals surface area (Å²) in [6, 6.07) is 19.1. The summed E-state index contributed by atoms with van der Waals surface area (Å²) >= 11 is 1.69. The summed E-state index contributed by atoms with van der Waals surface area (Å²) in [6.45, 7) is 2.08. The third-order valence-electron chi connectivity index (χ3n) is 4.05. The Morgan fingerprint density at radius 1 is 0.962 bits per heavy atom. The first-order chi connectivity index (χ1) is 12.7. The second-order valence-electron chi connectivity index (χ2n) is 5.86. The van der Waals surface area contributed by atoms with Gasteiger partial charge in [-0.25, -0.2) is 9.67 Å². The van der Waals surface area contributed by atoms with E-state index in [1.54, 1.807) is 28.2 Å². The van der Waals surface area contributed by atoms with Gasteiger partial charge in [-0.1, -0.05) is 30.3 Å². The second kappa shape index (κ2) is 6.98. The molecule has 4 aromatic rings. The lowest BCUT2D eigenvalue weighted by atomic mass is 10.2. The fourth-order valence-electron chi connectivity index (χ4n) is 2.69. The van der Waals surface area contributed by atoms with Crippen molar-refractivity contribution in [2.45, 2.75) is 6.92 Å². The molecule has 2 aromatic heterocycles. The smallest absolute Gasteiger partial charge is 0.175 e. The largest absolute Gasteiger partial charge is 0.507 e. The van der Waals surface area contributed by atoms with Crippen molar-refractivity contribution in [2.75, 3.05) is 0 Å². The summed E-state index contributed by atoms with van der Waals surface area (Å²) < 4.78 is 1.76. The van der Waals surface area contributed by atoms with Crippen LogP contribution in [0.1, 0.15) is 16.3 Å². The minimum atomic E-state index is 0.182. The first-order valence-corrected chi connectivity index (χ1v) is 9.13. The van der Waals surface area contributed by atoms with Crippen LogP contribution in [0.4, 0.5) is 0 Å². The molecule has 26 heavy (non-hydrogen) atoms. The van der Waals surface area contributed by atoms with E-state index in [9.17, 15) is 5.11 Å². The maximum atomic E-state index is 10.3. The van der Waals surface area contributed by atoms with Gasteiger partial charge in [0.15, 0.2) is 11.6 Å². The number of para-hydroxylation sites is 2. The van der Waals surface area contributed by atoms with Gasteiger partial charge in [-0.15, -0.1) is 16.4 Å². The quantitative estimate of drug-likeness (QED) is 0.546. The molecule has 0 radical (unpaired) electrons. The molecule has 5 heteroatoms. The summed E-state index contributed by atoms with van der Waals surface area (Å²) in [4.78, 5) is 5.84. The van der Waals surface area contributed by atoms with Crippen LogP contribution in [-0.4, -0.2) is 19.9 Å². The molecule has 2 aromatic carbocycles. The molecule has 4 rings (SSSR count). The van der Waals surface area contributed by atoms with E-state index in [1.807, 2.05) is 54.6 Å². The molecule has 0 saturated carbocycles. The standard InChI is InChI=1S/C21H17N3OS/c1-15-13-14-26-19(15)11-12-20-22-21(17-9-5-6-10-18(17)25)24(23-20)16-7-3-2-4-8-16/h2-14,25H,1H3/b12-11+. The van der Waals surface area contributed by atoms with Gasteiger partial charge in [-0.05, 0) is 60.4 Å². The van der Waals surface area contributed by atoms with Crippen LogP contribution < -0.4 is 0 Å². The van der Waals surface area contributed by atoms with Gasteiger partial charge < -0.3 is 5.11 Å². The zero-order chi connectivity index (χ0) is 17.9. The Labute approximate surface area is 155 Å². The molecule has 0 aliphatic heterocycles. The van der Waals surface area contributed by atoms with Crippen molar-refractivity contribution in [3.05, 3.63) is 82.3 Å². The number of aryl methyl sites for hydroxylation is 1. The number of aromatic nitrogens is 3. The zero-order valence-electron chi connectivity index (χ0n) is 14.2. The molecule has 128 valence electrons. The Balaban J connectivity index is 1.82. The second-order valence-corrected chi connectivity index (χ2v) is 6.81. The molecule has 4 nitrogen and oxygen atoms in total. The number of phenolic OH excluding ortho intramolecular Hbond substituents is 1. The minimum Gasteiger partial charge on any atom is -0.507 e. The highest BCUT2D eigenvalue weighted by Gasteiger charge is 2.15. The molecule has 1 N–H and O–H groups in total. The Morgan fingerprint density at radius 3 is 2.46 bits per heavy atom. The molecular weight excluding hydrogens is 342 g/mol. The normalized spacial score (nSPS) is 11.3. The Bertz CT molecular complexity index is 1060. The van der Waals surface area contributed by atoms with E-state index in [0.29, 0.717) is 17.2 Å². The van der Waals surface area contributed by atoms with Gasteiger partial charge in [-0.3, -0.25) is 0 Å². The van der Waals surface area contributed by atoms with Crippen LogP contribution in [0.2, 0.25) is 0 Å². The highest BCUT2D eigenvalue weighted by atomic mass is 32.1. The van der Waals surface area contributed by atoms with E-state index in [4.69, 9.17) is 0 Å². The van der Waals surface area contributed by atoms with E-state index < -0.39 is 0 Å². The van der Waals surface area contributed by atoms with E-state index in [2.05, 4.69) is 28.5 Å². The molecule has 0 fully saturated rings. The van der Waals surface area contributed by atoms with E-state index >= 15 is 0 Å². The van der Waals surface area contributed by atoms with Crippen LogP contribution >= 0.6 is 11.3 Å². The van der Waals surface area contributed by atoms with Gasteiger partial charge in [0, 0.05) is 4.88 Å². The lowest BCUT2D eigenvalue weighted by molar-refractivity contribution is 0.476. The number of nitrogens with zero attached hydrogens (tertiary/aromatic N) is 3. The summed E-state index contributed by atoms with van der Waals surface area (Å²) in [5.74, 6) is 1.39. The SMILES string of the molecule is Cc1ccsc1/C=C/c1nc(-c2ccccc2O)n(-c2ccccc2)n1. The molecule has 2 heterocycles. The van der Waals surface area contributed by atoms with Crippen LogP contribution in [0.15, 0.2) is 66.0 Å². The highest BCUT2D eigenvalue weighted by Crippen LogP contribution is 2.29. The van der Waals surface area contributed by atoms with Crippen molar-refractivity contribution in [1.29, 1.82) is 0 Å². The van der Waals surface area contributed by atoms with Crippen LogP contribution in [0, 0.1) is 6.92 Å². The number of phenols is 1. The van der Waals surface area contributed by atoms with Gasteiger partial charge >= 0.3 is 0 Å². The molecule has 0 saturated heterocycles. The number of rotatable bonds is 4. The molecule has 0 bridgehead atoms. The minimum absolute atomic E-state index is 0.182. The molecule has 0 spiro atoms. The molecular formula is C21H17N3OS. The topological polar surface area (TPSA) is 50.9 Å². The summed E-state index contributed by atoms with van der Waals surface area (Å²) in [7, 11) is 0. The number of aromatic hydroxyl groups is 1. The fourth-order valence-corrected chi connectivity index (χ4v) is 3.51. The van der Waals surface area contributed by atoms with Crippen molar-refractivity contribution in [1.82, 2.24) is 14.8 Å². The predicted molar refractivity (Wildman–Crippen MR) is 106 cm³/mol. The van der Waals surface area contributed by atoms with Crippen molar-refractivity contribution in [3.63, 3.8) is 0 Å². The molecule has 0 atom stereocenters. The highest BCUT2D eigenvalue weighted by molar-refractivity contribution is 7.11. The third kappa shape index (κ3) is 3.17. The maximum absolute atomic E-state index is 10.3. The monoisotopic (exact) mass is 359 g/mol. The van der Waals surface area contributed by atoms with E-state index in [-0.39, 0.29) is 5.75 Å². The number of hydrogen-bond donors (Lipinski definition) is 1. The van der Waals surface area contributed by atoms with Gasteiger partial charge in [0.05, 0.1) is 11.3 Å². The maximum Gasteiger partial charge on any atom is 0.175 e. The Morgan fingerprint density at radius 2 is 1.73 bits per heavy atom. The average Bonchev–Trinajstić information content (AvgIpc) is 3.27.